The van der Waals surface area contributed by atoms with Crippen LogP contribution in [0.1, 0.15) is 11.1 Å². The number of anilines is 1. The van der Waals surface area contributed by atoms with Gasteiger partial charge in [0.15, 0.2) is 0 Å². The summed E-state index contributed by atoms with van der Waals surface area (Å²) in [5, 5.41) is 10.3. The number of benzene rings is 1. The van der Waals surface area contributed by atoms with Gasteiger partial charge in [0.05, 0.1) is 13.2 Å². The van der Waals surface area contributed by atoms with Crippen molar-refractivity contribution in [3.8, 4) is 0 Å². The molecule has 1 aromatic rings. The minimum absolute atomic E-state index is 0.317. The van der Waals surface area contributed by atoms with Gasteiger partial charge in [-0.25, -0.2) is 0 Å². The molecule has 1 atom stereocenters. The number of nitrogens with two attached hydrogens (primary N) is 1. The van der Waals surface area contributed by atoms with Gasteiger partial charge in [-0.2, -0.15) is 0 Å². The summed E-state index contributed by atoms with van der Waals surface area (Å²) in [5.74, 6) is 0.317. The van der Waals surface area contributed by atoms with Crippen LogP contribution in [0.4, 0.5) is 5.69 Å². The summed E-state index contributed by atoms with van der Waals surface area (Å²) in [7, 11) is 1.89. The summed E-state index contributed by atoms with van der Waals surface area (Å²) < 4.78 is 5.25. The predicted molar refractivity (Wildman–Crippen MR) is 79.7 cm³/mol. The lowest BCUT2D eigenvalue weighted by Gasteiger charge is -2.37. The molecule has 0 aliphatic carbocycles. The van der Waals surface area contributed by atoms with Crippen LogP contribution in [0.2, 0.25) is 0 Å². The standard InChI is InChI=1S/C16H20N2O2/c1-10-3-4-13(17)6-14(10)11-5-15(12-8-20-9-12)16(19)18(2)7-11/h3-7,12,16,19H,8-9,17H2,1-2H3. The summed E-state index contributed by atoms with van der Waals surface area (Å²) in [5.41, 5.74) is 11.1. The number of nitrogen functional groups attached to an aromatic ring is 1. The van der Waals surface area contributed by atoms with E-state index in [-0.39, 0.29) is 0 Å². The summed E-state index contributed by atoms with van der Waals surface area (Å²) in [6.07, 6.45) is 3.49. The molecule has 2 aliphatic rings. The number of likely N-dealkylation sites (N-methyl/N-ethyl adjacent to an activating group) is 1. The SMILES string of the molecule is Cc1ccc(N)cc1C1=CN(C)C(O)C(C2COC2)=C1. The Hall–Kier alpha value is -1.78. The molecule has 0 bridgehead atoms. The van der Waals surface area contributed by atoms with Crippen LogP contribution in [0.25, 0.3) is 5.57 Å². The van der Waals surface area contributed by atoms with E-state index in [1.807, 2.05) is 36.3 Å². The smallest absolute Gasteiger partial charge is 0.149 e. The molecule has 1 saturated heterocycles. The van der Waals surface area contributed by atoms with Gasteiger partial charge in [-0.1, -0.05) is 6.07 Å². The Morgan fingerprint density at radius 3 is 2.75 bits per heavy atom. The van der Waals surface area contributed by atoms with E-state index in [1.54, 1.807) is 0 Å². The monoisotopic (exact) mass is 272 g/mol. The molecule has 3 N–H and O–H groups in total. The molecule has 0 amide bonds. The summed E-state index contributed by atoms with van der Waals surface area (Å²) in [6.45, 7) is 3.46. The number of rotatable bonds is 2. The van der Waals surface area contributed by atoms with Gasteiger partial charge >= 0.3 is 0 Å². The highest BCUT2D eigenvalue weighted by Crippen LogP contribution is 2.33. The highest BCUT2D eigenvalue weighted by atomic mass is 16.5. The average Bonchev–Trinajstić information content (AvgIpc) is 2.35. The first-order valence-electron chi connectivity index (χ1n) is 6.84. The fraction of sp³-hybridized carbons (Fsp3) is 0.375. The molecule has 0 spiro atoms. The fourth-order valence-corrected chi connectivity index (χ4v) is 2.67. The van der Waals surface area contributed by atoms with Crippen LogP contribution < -0.4 is 5.73 Å². The number of hydrogen-bond donors (Lipinski definition) is 2. The van der Waals surface area contributed by atoms with Gasteiger partial charge in [0.1, 0.15) is 6.23 Å². The van der Waals surface area contributed by atoms with Gasteiger partial charge in [-0.3, -0.25) is 0 Å². The summed E-state index contributed by atoms with van der Waals surface area (Å²) in [4.78, 5) is 1.84. The van der Waals surface area contributed by atoms with Crippen molar-refractivity contribution in [2.75, 3.05) is 26.0 Å². The first-order valence-corrected chi connectivity index (χ1v) is 6.84. The molecule has 0 saturated carbocycles. The van der Waals surface area contributed by atoms with Crippen molar-refractivity contribution in [3.05, 3.63) is 47.2 Å². The van der Waals surface area contributed by atoms with Gasteiger partial charge in [-0.05, 0) is 47.4 Å². The molecule has 1 unspecified atom stereocenters. The summed E-state index contributed by atoms with van der Waals surface area (Å²) in [6, 6.07) is 5.92. The van der Waals surface area contributed by atoms with Crippen molar-refractivity contribution in [1.29, 1.82) is 0 Å². The maximum absolute atomic E-state index is 10.3. The third-order valence-corrected chi connectivity index (χ3v) is 4.03. The molecule has 4 nitrogen and oxygen atoms in total. The third-order valence-electron chi connectivity index (χ3n) is 4.03. The Labute approximate surface area is 119 Å². The molecule has 2 heterocycles. The predicted octanol–water partition coefficient (Wildman–Crippen LogP) is 1.75. The van der Waals surface area contributed by atoms with E-state index in [0.717, 1.165) is 22.4 Å². The van der Waals surface area contributed by atoms with E-state index in [0.29, 0.717) is 19.1 Å². The second-order valence-electron chi connectivity index (χ2n) is 5.58. The molecule has 0 radical (unpaired) electrons. The zero-order valence-corrected chi connectivity index (χ0v) is 11.8. The van der Waals surface area contributed by atoms with Crippen molar-refractivity contribution >= 4 is 11.3 Å². The number of aliphatic hydroxyl groups is 1. The maximum Gasteiger partial charge on any atom is 0.149 e. The van der Waals surface area contributed by atoms with E-state index >= 15 is 0 Å². The van der Waals surface area contributed by atoms with Crippen LogP contribution in [-0.2, 0) is 4.74 Å². The highest BCUT2D eigenvalue weighted by molar-refractivity contribution is 5.79. The van der Waals surface area contributed by atoms with E-state index in [9.17, 15) is 5.11 Å². The normalized spacial score (nSPS) is 23.1. The largest absolute Gasteiger partial charge is 0.399 e. The molecule has 4 heteroatoms. The lowest BCUT2D eigenvalue weighted by molar-refractivity contribution is -0.0347. The van der Waals surface area contributed by atoms with Crippen LogP contribution in [0.3, 0.4) is 0 Å². The zero-order valence-electron chi connectivity index (χ0n) is 11.8. The quantitative estimate of drug-likeness (QED) is 0.805. The number of aryl methyl sites for hydroxylation is 1. The van der Waals surface area contributed by atoms with Crippen LogP contribution in [0, 0.1) is 12.8 Å². The molecule has 1 fully saturated rings. The number of hydrogen-bond acceptors (Lipinski definition) is 4. The average molecular weight is 272 g/mol. The molecule has 1 aromatic carbocycles. The molecular formula is C16H20N2O2. The van der Waals surface area contributed by atoms with E-state index in [2.05, 4.69) is 13.0 Å². The van der Waals surface area contributed by atoms with E-state index < -0.39 is 6.23 Å². The Morgan fingerprint density at radius 1 is 1.35 bits per heavy atom. The van der Waals surface area contributed by atoms with Gasteiger partial charge < -0.3 is 20.5 Å². The number of aliphatic hydroxyl groups excluding tert-OH is 1. The molecular weight excluding hydrogens is 252 g/mol. The lowest BCUT2D eigenvalue weighted by Crippen LogP contribution is -2.40. The highest BCUT2D eigenvalue weighted by Gasteiger charge is 2.31. The van der Waals surface area contributed by atoms with Crippen molar-refractivity contribution in [2.45, 2.75) is 13.2 Å². The minimum Gasteiger partial charge on any atom is -0.399 e. The number of ether oxygens (including phenoxy) is 1. The van der Waals surface area contributed by atoms with Gasteiger partial charge in [-0.15, -0.1) is 0 Å². The lowest BCUT2D eigenvalue weighted by atomic mass is 9.89. The fourth-order valence-electron chi connectivity index (χ4n) is 2.67. The third kappa shape index (κ3) is 2.21. The zero-order chi connectivity index (χ0) is 14.3. The van der Waals surface area contributed by atoms with Crippen molar-refractivity contribution < 1.29 is 9.84 Å². The number of allylic oxidation sites excluding steroid dienone is 2. The maximum atomic E-state index is 10.3. The molecule has 0 aromatic heterocycles. The molecule has 20 heavy (non-hydrogen) atoms. The molecule has 106 valence electrons. The van der Waals surface area contributed by atoms with Crippen LogP contribution in [-0.4, -0.2) is 36.5 Å². The Balaban J connectivity index is 2.01. The second-order valence-corrected chi connectivity index (χ2v) is 5.58. The summed E-state index contributed by atoms with van der Waals surface area (Å²) >= 11 is 0. The van der Waals surface area contributed by atoms with E-state index in [1.165, 1.54) is 5.56 Å². The molecule has 3 rings (SSSR count). The van der Waals surface area contributed by atoms with Gasteiger partial charge in [0.25, 0.3) is 0 Å². The van der Waals surface area contributed by atoms with Crippen molar-refractivity contribution in [1.82, 2.24) is 4.90 Å². The van der Waals surface area contributed by atoms with Gasteiger partial charge in [0, 0.05) is 24.9 Å². The first kappa shape index (κ1) is 13.2. The Morgan fingerprint density at radius 2 is 2.10 bits per heavy atom. The topological polar surface area (TPSA) is 58.7 Å². The second kappa shape index (κ2) is 4.96. The Bertz CT molecular complexity index is 588. The van der Waals surface area contributed by atoms with Crippen LogP contribution >= 0.6 is 0 Å². The first-order chi connectivity index (χ1) is 9.56. The van der Waals surface area contributed by atoms with Crippen LogP contribution in [0.15, 0.2) is 36.0 Å². The minimum atomic E-state index is -0.561. The molecule has 2 aliphatic heterocycles. The van der Waals surface area contributed by atoms with Crippen molar-refractivity contribution in [3.63, 3.8) is 0 Å². The number of nitrogens with zero attached hydrogens (tertiary/aromatic N) is 1. The van der Waals surface area contributed by atoms with E-state index in [4.69, 9.17) is 10.5 Å². The van der Waals surface area contributed by atoms with Crippen molar-refractivity contribution in [2.24, 2.45) is 5.92 Å². The van der Waals surface area contributed by atoms with Gasteiger partial charge in [0.2, 0.25) is 0 Å². The van der Waals surface area contributed by atoms with Crippen LogP contribution in [0.5, 0.6) is 0 Å². The Kier molecular flexibility index (Phi) is 3.28.